The van der Waals surface area contributed by atoms with Crippen molar-refractivity contribution in [1.82, 2.24) is 10.3 Å². The number of rotatable bonds is 3. The lowest BCUT2D eigenvalue weighted by Crippen LogP contribution is -2.24. The lowest BCUT2D eigenvalue weighted by Gasteiger charge is -2.08. The third kappa shape index (κ3) is 2.60. The first-order valence-corrected chi connectivity index (χ1v) is 4.53. The summed E-state index contributed by atoms with van der Waals surface area (Å²) >= 11 is 0. The Morgan fingerprint density at radius 1 is 1.69 bits per heavy atom. The van der Waals surface area contributed by atoms with Gasteiger partial charge in [0.25, 0.3) is 0 Å². The van der Waals surface area contributed by atoms with Crippen molar-refractivity contribution in [3.8, 4) is 11.9 Å². The van der Waals surface area contributed by atoms with Crippen LogP contribution in [0.2, 0.25) is 0 Å². The van der Waals surface area contributed by atoms with E-state index in [2.05, 4.69) is 10.3 Å². The molecule has 84 valence electrons. The van der Waals surface area contributed by atoms with Crippen LogP contribution in [0.1, 0.15) is 18.2 Å². The van der Waals surface area contributed by atoms with Crippen LogP contribution in [0.3, 0.4) is 0 Å². The normalized spacial score (nSPS) is 9.31. The summed E-state index contributed by atoms with van der Waals surface area (Å²) in [6.07, 6.45) is 0. The molecule has 0 atom stereocenters. The Kier molecular flexibility index (Phi) is 3.67. The first kappa shape index (κ1) is 11.8. The van der Waals surface area contributed by atoms with Crippen LogP contribution in [0.5, 0.6) is 5.88 Å². The Labute approximate surface area is 91.9 Å². The summed E-state index contributed by atoms with van der Waals surface area (Å²) in [7, 11) is 1.38. The second kappa shape index (κ2) is 4.98. The average Bonchev–Trinajstić information content (AvgIpc) is 2.26. The standard InChI is InChI=1S/C10H11N3O3/c1-6(14)12-5-8-9(15)3-7(4-11)13-10(8)16-2/h3H,5H2,1-2H3,(H,12,14)(H,13,15). The molecule has 2 N–H and O–H groups in total. The van der Waals surface area contributed by atoms with Crippen molar-refractivity contribution in [1.29, 1.82) is 5.26 Å². The van der Waals surface area contributed by atoms with Gasteiger partial charge in [-0.2, -0.15) is 5.26 Å². The molecule has 0 aliphatic heterocycles. The molecular formula is C10H11N3O3. The number of amides is 1. The lowest BCUT2D eigenvalue weighted by molar-refractivity contribution is -0.119. The lowest BCUT2D eigenvalue weighted by atomic mass is 10.2. The van der Waals surface area contributed by atoms with Gasteiger partial charge in [0.05, 0.1) is 19.2 Å². The highest BCUT2D eigenvalue weighted by Gasteiger charge is 2.10. The van der Waals surface area contributed by atoms with Gasteiger partial charge in [-0.1, -0.05) is 0 Å². The maximum Gasteiger partial charge on any atom is 0.217 e. The summed E-state index contributed by atoms with van der Waals surface area (Å²) in [5.41, 5.74) is 0.0611. The molecule has 0 spiro atoms. The van der Waals surface area contributed by atoms with Gasteiger partial charge in [0.2, 0.25) is 11.8 Å². The maximum atomic E-state index is 11.6. The molecule has 1 rings (SSSR count). The van der Waals surface area contributed by atoms with Crippen LogP contribution in [-0.2, 0) is 11.3 Å². The predicted octanol–water partition coefficient (Wildman–Crippen LogP) is -0.109. The summed E-state index contributed by atoms with van der Waals surface area (Å²) in [5, 5.41) is 11.1. The van der Waals surface area contributed by atoms with Gasteiger partial charge in [0, 0.05) is 13.0 Å². The number of nitriles is 1. The minimum absolute atomic E-state index is 0.0690. The predicted molar refractivity (Wildman–Crippen MR) is 55.9 cm³/mol. The molecule has 0 saturated carbocycles. The SMILES string of the molecule is COc1[nH]c(C#N)cc(=O)c1CNC(C)=O. The van der Waals surface area contributed by atoms with Crippen molar-refractivity contribution in [3.63, 3.8) is 0 Å². The van der Waals surface area contributed by atoms with Crippen LogP contribution in [0.25, 0.3) is 0 Å². The van der Waals surface area contributed by atoms with E-state index in [1.54, 1.807) is 0 Å². The number of nitrogens with zero attached hydrogens (tertiary/aromatic N) is 1. The van der Waals surface area contributed by atoms with Gasteiger partial charge in [0.1, 0.15) is 11.8 Å². The van der Waals surface area contributed by atoms with Crippen molar-refractivity contribution in [2.75, 3.05) is 7.11 Å². The van der Waals surface area contributed by atoms with Gasteiger partial charge in [0.15, 0.2) is 5.43 Å². The number of methoxy groups -OCH3 is 1. The summed E-state index contributed by atoms with van der Waals surface area (Å²) in [6.45, 7) is 1.42. The number of H-pyrrole nitrogens is 1. The van der Waals surface area contributed by atoms with E-state index in [0.717, 1.165) is 0 Å². The quantitative estimate of drug-likeness (QED) is 0.744. The molecule has 0 aromatic carbocycles. The molecule has 1 amide bonds. The van der Waals surface area contributed by atoms with Crippen LogP contribution in [0.4, 0.5) is 0 Å². The Morgan fingerprint density at radius 2 is 2.38 bits per heavy atom. The number of hydrogen-bond acceptors (Lipinski definition) is 4. The zero-order chi connectivity index (χ0) is 12.1. The molecule has 0 fully saturated rings. The van der Waals surface area contributed by atoms with Crippen molar-refractivity contribution >= 4 is 5.91 Å². The average molecular weight is 221 g/mol. The molecule has 1 aromatic rings. The highest BCUT2D eigenvalue weighted by Crippen LogP contribution is 2.10. The van der Waals surface area contributed by atoms with Gasteiger partial charge in [-0.15, -0.1) is 0 Å². The Hall–Kier alpha value is -2.29. The van der Waals surface area contributed by atoms with Crippen molar-refractivity contribution in [2.45, 2.75) is 13.5 Å². The van der Waals surface area contributed by atoms with Crippen molar-refractivity contribution < 1.29 is 9.53 Å². The summed E-state index contributed by atoms with van der Waals surface area (Å²) in [4.78, 5) is 25.0. The van der Waals surface area contributed by atoms with Crippen LogP contribution in [0, 0.1) is 11.3 Å². The van der Waals surface area contributed by atoms with Crippen molar-refractivity contribution in [2.24, 2.45) is 0 Å². The van der Waals surface area contributed by atoms with Gasteiger partial charge in [-0.3, -0.25) is 9.59 Å². The van der Waals surface area contributed by atoms with E-state index < -0.39 is 0 Å². The van der Waals surface area contributed by atoms with Gasteiger partial charge in [-0.25, -0.2) is 0 Å². The molecular weight excluding hydrogens is 210 g/mol. The Morgan fingerprint density at radius 3 is 2.88 bits per heavy atom. The summed E-state index contributed by atoms with van der Waals surface area (Å²) in [6, 6.07) is 2.98. The molecule has 0 unspecified atom stereocenters. The number of aromatic amines is 1. The monoisotopic (exact) mass is 221 g/mol. The molecule has 6 heteroatoms. The second-order valence-corrected chi connectivity index (χ2v) is 3.08. The Balaban J connectivity index is 3.13. The van der Waals surface area contributed by atoms with E-state index in [-0.39, 0.29) is 35.0 Å². The van der Waals surface area contributed by atoms with Gasteiger partial charge < -0.3 is 15.0 Å². The third-order valence-electron chi connectivity index (χ3n) is 1.93. The van der Waals surface area contributed by atoms with E-state index in [9.17, 15) is 9.59 Å². The minimum atomic E-state index is -0.346. The highest BCUT2D eigenvalue weighted by atomic mass is 16.5. The highest BCUT2D eigenvalue weighted by molar-refractivity contribution is 5.72. The third-order valence-corrected chi connectivity index (χ3v) is 1.93. The molecule has 0 radical (unpaired) electrons. The summed E-state index contributed by atoms with van der Waals surface area (Å²) in [5.74, 6) is -0.0522. The van der Waals surface area contributed by atoms with Crippen LogP contribution < -0.4 is 15.5 Å². The summed E-state index contributed by atoms with van der Waals surface area (Å²) < 4.78 is 4.94. The fraction of sp³-hybridized carbons (Fsp3) is 0.300. The largest absolute Gasteiger partial charge is 0.482 e. The number of aromatic nitrogens is 1. The molecule has 1 heterocycles. The Bertz CT molecular complexity index is 499. The second-order valence-electron chi connectivity index (χ2n) is 3.08. The fourth-order valence-electron chi connectivity index (χ4n) is 1.18. The molecule has 0 aliphatic rings. The van der Waals surface area contributed by atoms with E-state index >= 15 is 0 Å². The molecule has 0 bridgehead atoms. The topological polar surface area (TPSA) is 95.0 Å². The van der Waals surface area contributed by atoms with E-state index in [1.807, 2.05) is 6.07 Å². The molecule has 6 nitrogen and oxygen atoms in total. The number of hydrogen-bond donors (Lipinski definition) is 2. The zero-order valence-electron chi connectivity index (χ0n) is 8.96. The molecule has 16 heavy (non-hydrogen) atoms. The molecule has 0 saturated heterocycles. The number of nitrogens with one attached hydrogen (secondary N) is 2. The van der Waals surface area contributed by atoms with E-state index in [1.165, 1.54) is 20.1 Å². The zero-order valence-corrected chi connectivity index (χ0v) is 8.96. The van der Waals surface area contributed by atoms with Crippen LogP contribution >= 0.6 is 0 Å². The minimum Gasteiger partial charge on any atom is -0.482 e. The van der Waals surface area contributed by atoms with Crippen LogP contribution in [-0.4, -0.2) is 18.0 Å². The fourth-order valence-corrected chi connectivity index (χ4v) is 1.18. The first-order chi connectivity index (χ1) is 7.58. The van der Waals surface area contributed by atoms with E-state index in [4.69, 9.17) is 10.00 Å². The van der Waals surface area contributed by atoms with Crippen molar-refractivity contribution in [3.05, 3.63) is 27.5 Å². The van der Waals surface area contributed by atoms with Crippen LogP contribution in [0.15, 0.2) is 10.9 Å². The number of carbonyl (C=O) groups excluding carboxylic acids is 1. The number of carbonyl (C=O) groups is 1. The molecule has 1 aromatic heterocycles. The molecule has 0 aliphatic carbocycles. The number of ether oxygens (including phenoxy) is 1. The van der Waals surface area contributed by atoms with Gasteiger partial charge >= 0.3 is 0 Å². The van der Waals surface area contributed by atoms with Gasteiger partial charge in [-0.05, 0) is 0 Å². The first-order valence-electron chi connectivity index (χ1n) is 4.53. The van der Waals surface area contributed by atoms with E-state index in [0.29, 0.717) is 0 Å². The number of pyridine rings is 1. The maximum absolute atomic E-state index is 11.6. The smallest absolute Gasteiger partial charge is 0.217 e.